The van der Waals surface area contributed by atoms with E-state index in [4.69, 9.17) is 0 Å². The molecule has 1 aromatic carbocycles. The molecular weight excluding hydrogens is 255 g/mol. The SMILES string of the molecule is CNCc1ccn(Cc2cccc(C(F)(F)F)c2)n1. The molecule has 0 bridgehead atoms. The molecule has 0 fully saturated rings. The van der Waals surface area contributed by atoms with Crippen LogP contribution in [0.3, 0.4) is 0 Å². The van der Waals surface area contributed by atoms with Crippen LogP contribution in [0.4, 0.5) is 13.2 Å². The molecule has 2 rings (SSSR count). The summed E-state index contributed by atoms with van der Waals surface area (Å²) in [6.07, 6.45) is -2.55. The monoisotopic (exact) mass is 269 g/mol. The summed E-state index contributed by atoms with van der Waals surface area (Å²) in [6, 6.07) is 7.13. The molecule has 0 saturated heterocycles. The average Bonchev–Trinajstić information content (AvgIpc) is 2.76. The smallest absolute Gasteiger partial charge is 0.314 e. The van der Waals surface area contributed by atoms with Crippen molar-refractivity contribution in [3.05, 3.63) is 53.3 Å². The molecule has 0 saturated carbocycles. The van der Waals surface area contributed by atoms with Gasteiger partial charge in [-0.15, -0.1) is 0 Å². The Morgan fingerprint density at radius 1 is 1.26 bits per heavy atom. The van der Waals surface area contributed by atoms with E-state index >= 15 is 0 Å². The molecule has 0 radical (unpaired) electrons. The van der Waals surface area contributed by atoms with Crippen molar-refractivity contribution in [3.8, 4) is 0 Å². The van der Waals surface area contributed by atoms with Crippen LogP contribution in [-0.2, 0) is 19.3 Å². The summed E-state index contributed by atoms with van der Waals surface area (Å²) in [6.45, 7) is 0.962. The lowest BCUT2D eigenvalue weighted by Crippen LogP contribution is -2.08. The molecule has 0 aliphatic heterocycles. The zero-order valence-corrected chi connectivity index (χ0v) is 10.4. The standard InChI is InChI=1S/C13H14F3N3/c1-17-8-12-5-6-19(18-12)9-10-3-2-4-11(7-10)13(14,15)16/h2-7,17H,8-9H2,1H3. The van der Waals surface area contributed by atoms with Gasteiger partial charge in [0.05, 0.1) is 17.8 Å². The van der Waals surface area contributed by atoms with Crippen LogP contribution in [0, 0.1) is 0 Å². The Morgan fingerprint density at radius 2 is 2.05 bits per heavy atom. The Balaban J connectivity index is 2.14. The van der Waals surface area contributed by atoms with Gasteiger partial charge in [0.2, 0.25) is 0 Å². The van der Waals surface area contributed by atoms with E-state index in [0.29, 0.717) is 18.7 Å². The van der Waals surface area contributed by atoms with E-state index in [1.165, 1.54) is 6.07 Å². The van der Waals surface area contributed by atoms with Gasteiger partial charge in [-0.3, -0.25) is 4.68 Å². The molecular formula is C13H14F3N3. The highest BCUT2D eigenvalue weighted by atomic mass is 19.4. The molecule has 3 nitrogen and oxygen atoms in total. The summed E-state index contributed by atoms with van der Waals surface area (Å²) < 4.78 is 39.4. The highest BCUT2D eigenvalue weighted by molar-refractivity contribution is 5.25. The number of rotatable bonds is 4. The first kappa shape index (κ1) is 13.6. The lowest BCUT2D eigenvalue weighted by atomic mass is 10.1. The summed E-state index contributed by atoms with van der Waals surface area (Å²) in [5.74, 6) is 0. The lowest BCUT2D eigenvalue weighted by Gasteiger charge is -2.08. The van der Waals surface area contributed by atoms with Crippen LogP contribution in [0.2, 0.25) is 0 Å². The summed E-state index contributed by atoms with van der Waals surface area (Å²) in [7, 11) is 1.81. The van der Waals surface area contributed by atoms with Gasteiger partial charge in [0.15, 0.2) is 0 Å². The quantitative estimate of drug-likeness (QED) is 0.924. The highest BCUT2D eigenvalue weighted by Gasteiger charge is 2.30. The largest absolute Gasteiger partial charge is 0.416 e. The van der Waals surface area contributed by atoms with Crippen molar-refractivity contribution >= 4 is 0 Å². The van der Waals surface area contributed by atoms with Crippen molar-refractivity contribution < 1.29 is 13.2 Å². The topological polar surface area (TPSA) is 29.9 Å². The number of alkyl halides is 3. The number of aromatic nitrogens is 2. The third-order valence-corrected chi connectivity index (χ3v) is 2.65. The summed E-state index contributed by atoms with van der Waals surface area (Å²) in [5, 5.41) is 7.23. The second kappa shape index (κ2) is 5.44. The lowest BCUT2D eigenvalue weighted by molar-refractivity contribution is -0.137. The molecule has 1 heterocycles. The zero-order valence-electron chi connectivity index (χ0n) is 10.4. The van der Waals surface area contributed by atoms with Gasteiger partial charge < -0.3 is 5.32 Å². The van der Waals surface area contributed by atoms with E-state index in [9.17, 15) is 13.2 Å². The maximum Gasteiger partial charge on any atom is 0.416 e. The predicted molar refractivity (Wildman–Crippen MR) is 65.5 cm³/mol. The molecule has 102 valence electrons. The van der Waals surface area contributed by atoms with Crippen LogP contribution < -0.4 is 5.32 Å². The number of halogens is 3. The highest BCUT2D eigenvalue weighted by Crippen LogP contribution is 2.29. The van der Waals surface area contributed by atoms with Crippen molar-refractivity contribution in [1.29, 1.82) is 0 Å². The van der Waals surface area contributed by atoms with Gasteiger partial charge in [-0.05, 0) is 30.8 Å². The molecule has 19 heavy (non-hydrogen) atoms. The van der Waals surface area contributed by atoms with Gasteiger partial charge in [0, 0.05) is 12.7 Å². The summed E-state index contributed by atoms with van der Waals surface area (Å²) in [5.41, 5.74) is 0.802. The van der Waals surface area contributed by atoms with E-state index in [2.05, 4.69) is 10.4 Å². The first-order valence-corrected chi connectivity index (χ1v) is 5.82. The van der Waals surface area contributed by atoms with Gasteiger partial charge in [-0.2, -0.15) is 18.3 Å². The van der Waals surface area contributed by atoms with E-state index in [1.807, 2.05) is 13.1 Å². The number of hydrogen-bond acceptors (Lipinski definition) is 2. The van der Waals surface area contributed by atoms with Crippen LogP contribution in [0.25, 0.3) is 0 Å². The zero-order chi connectivity index (χ0) is 13.9. The predicted octanol–water partition coefficient (Wildman–Crippen LogP) is 2.67. The fourth-order valence-corrected chi connectivity index (χ4v) is 1.80. The van der Waals surface area contributed by atoms with Crippen LogP contribution in [0.15, 0.2) is 36.5 Å². The number of hydrogen-bond donors (Lipinski definition) is 1. The molecule has 2 aromatic rings. The number of benzene rings is 1. The second-order valence-corrected chi connectivity index (χ2v) is 4.23. The Morgan fingerprint density at radius 3 is 2.74 bits per heavy atom. The first-order valence-electron chi connectivity index (χ1n) is 5.82. The van der Waals surface area contributed by atoms with E-state index in [0.717, 1.165) is 17.8 Å². The molecule has 1 N–H and O–H groups in total. The van der Waals surface area contributed by atoms with Gasteiger partial charge in [-0.25, -0.2) is 0 Å². The van der Waals surface area contributed by atoms with Gasteiger partial charge in [-0.1, -0.05) is 12.1 Å². The average molecular weight is 269 g/mol. The molecule has 6 heteroatoms. The molecule has 0 aliphatic rings. The van der Waals surface area contributed by atoms with E-state index in [1.54, 1.807) is 16.9 Å². The number of nitrogens with zero attached hydrogens (tertiary/aromatic N) is 2. The number of nitrogens with one attached hydrogen (secondary N) is 1. The van der Waals surface area contributed by atoms with Gasteiger partial charge >= 0.3 is 6.18 Å². The fourth-order valence-electron chi connectivity index (χ4n) is 1.80. The summed E-state index contributed by atoms with van der Waals surface area (Å²) >= 11 is 0. The molecule has 0 aliphatic carbocycles. The van der Waals surface area contributed by atoms with Gasteiger partial charge in [0.1, 0.15) is 0 Å². The Kier molecular flexibility index (Phi) is 3.90. The molecule has 1 aromatic heterocycles. The normalized spacial score (nSPS) is 11.8. The second-order valence-electron chi connectivity index (χ2n) is 4.23. The molecule has 0 unspecified atom stereocenters. The maximum atomic E-state index is 12.6. The Hall–Kier alpha value is -1.82. The van der Waals surface area contributed by atoms with E-state index in [-0.39, 0.29) is 0 Å². The van der Waals surface area contributed by atoms with Crippen molar-refractivity contribution in [3.63, 3.8) is 0 Å². The van der Waals surface area contributed by atoms with Crippen LogP contribution in [-0.4, -0.2) is 16.8 Å². The van der Waals surface area contributed by atoms with Crippen molar-refractivity contribution in [2.24, 2.45) is 0 Å². The van der Waals surface area contributed by atoms with Crippen LogP contribution in [0.5, 0.6) is 0 Å². The molecule has 0 spiro atoms. The third kappa shape index (κ3) is 3.57. The van der Waals surface area contributed by atoms with Crippen molar-refractivity contribution in [1.82, 2.24) is 15.1 Å². The Labute approximate surface area is 109 Å². The van der Waals surface area contributed by atoms with Crippen LogP contribution >= 0.6 is 0 Å². The minimum atomic E-state index is -4.31. The van der Waals surface area contributed by atoms with Crippen LogP contribution in [0.1, 0.15) is 16.8 Å². The molecule has 0 atom stereocenters. The van der Waals surface area contributed by atoms with Crippen molar-refractivity contribution in [2.45, 2.75) is 19.3 Å². The Bertz CT molecular complexity index is 546. The minimum absolute atomic E-state index is 0.327. The maximum absolute atomic E-state index is 12.6. The molecule has 0 amide bonds. The minimum Gasteiger partial charge on any atom is -0.314 e. The summed E-state index contributed by atoms with van der Waals surface area (Å²) in [4.78, 5) is 0. The first-order chi connectivity index (χ1) is 8.99. The van der Waals surface area contributed by atoms with Crippen molar-refractivity contribution in [2.75, 3.05) is 7.05 Å². The third-order valence-electron chi connectivity index (χ3n) is 2.65. The fraction of sp³-hybridized carbons (Fsp3) is 0.308. The van der Waals surface area contributed by atoms with E-state index < -0.39 is 11.7 Å². The van der Waals surface area contributed by atoms with Gasteiger partial charge in [0.25, 0.3) is 0 Å².